The van der Waals surface area contributed by atoms with Gasteiger partial charge in [0.25, 0.3) is 0 Å². The zero-order chi connectivity index (χ0) is 15.2. The number of methoxy groups -OCH3 is 1. The second kappa shape index (κ2) is 6.88. The van der Waals surface area contributed by atoms with Crippen LogP contribution in [0.2, 0.25) is 0 Å². The van der Waals surface area contributed by atoms with Gasteiger partial charge in [-0.15, -0.1) is 0 Å². The van der Waals surface area contributed by atoms with E-state index >= 15 is 0 Å². The molecule has 1 N–H and O–H groups in total. The fraction of sp³-hybridized carbons (Fsp3) is 0.462. The lowest BCUT2D eigenvalue weighted by molar-refractivity contribution is -0.148. The van der Waals surface area contributed by atoms with Crippen molar-refractivity contribution in [3.8, 4) is 0 Å². The van der Waals surface area contributed by atoms with Gasteiger partial charge in [0.05, 0.1) is 7.11 Å². The van der Waals surface area contributed by atoms with Gasteiger partial charge in [-0.2, -0.15) is 0 Å². The highest BCUT2D eigenvalue weighted by Crippen LogP contribution is 2.24. The summed E-state index contributed by atoms with van der Waals surface area (Å²) < 4.78 is 18.4. The van der Waals surface area contributed by atoms with E-state index in [-0.39, 0.29) is 13.1 Å². The molecule has 0 heterocycles. The Balaban J connectivity index is 3.06. The summed E-state index contributed by atoms with van der Waals surface area (Å²) in [6.45, 7) is 3.69. The van der Waals surface area contributed by atoms with Crippen molar-refractivity contribution in [2.24, 2.45) is 5.11 Å². The first-order valence-electron chi connectivity index (χ1n) is 6.06. The van der Waals surface area contributed by atoms with Crippen LogP contribution in [-0.4, -0.2) is 26.2 Å². The molecule has 1 aromatic carbocycles. The van der Waals surface area contributed by atoms with Gasteiger partial charge in [0.2, 0.25) is 0 Å². The largest absolute Gasteiger partial charge is 0.467 e. The van der Waals surface area contributed by atoms with Crippen LogP contribution < -0.4 is 5.32 Å². The summed E-state index contributed by atoms with van der Waals surface area (Å²) >= 11 is 0. The van der Waals surface area contributed by atoms with E-state index in [1.807, 2.05) is 0 Å². The number of esters is 1. The number of rotatable bonds is 6. The number of ether oxygens (including phenoxy) is 1. The molecule has 7 heteroatoms. The number of benzene rings is 1. The van der Waals surface area contributed by atoms with Gasteiger partial charge >= 0.3 is 5.97 Å². The fourth-order valence-corrected chi connectivity index (χ4v) is 1.80. The van der Waals surface area contributed by atoms with E-state index in [1.54, 1.807) is 26.0 Å². The molecule has 6 nitrogen and oxygen atoms in total. The minimum absolute atomic E-state index is 0.178. The van der Waals surface area contributed by atoms with Crippen LogP contribution in [0.4, 0.5) is 4.39 Å². The predicted molar refractivity (Wildman–Crippen MR) is 72.5 cm³/mol. The molecule has 1 rings (SSSR count). The molecular formula is C13H17FN4O2. The van der Waals surface area contributed by atoms with Crippen molar-refractivity contribution >= 4 is 5.97 Å². The third kappa shape index (κ3) is 3.46. The van der Waals surface area contributed by atoms with E-state index in [4.69, 9.17) is 10.3 Å². The Morgan fingerprint density at radius 1 is 1.60 bits per heavy atom. The SMILES string of the molecule is COC(=O)C(C)(NCCN=[N+]=[N-])c1ccc(C)c(F)c1. The van der Waals surface area contributed by atoms with Gasteiger partial charge in [-0.25, -0.2) is 9.18 Å². The number of carbonyl (C=O) groups excluding carboxylic acids is 1. The topological polar surface area (TPSA) is 87.1 Å². The first-order chi connectivity index (χ1) is 9.45. The maximum absolute atomic E-state index is 13.7. The molecule has 108 valence electrons. The second-order valence-corrected chi connectivity index (χ2v) is 4.46. The highest BCUT2D eigenvalue weighted by Gasteiger charge is 2.36. The normalized spacial score (nSPS) is 13.2. The minimum atomic E-state index is -1.20. The number of nitrogens with zero attached hydrogens (tertiary/aromatic N) is 3. The standard InChI is InChI=1S/C13H17FN4O2/c1-9-4-5-10(8-11(9)14)13(2,12(19)20-3)16-6-7-17-18-15/h4-5,8,16H,6-7H2,1-3H3. The molecule has 1 unspecified atom stereocenters. The number of carbonyl (C=O) groups is 1. The van der Waals surface area contributed by atoms with Gasteiger partial charge in [0.1, 0.15) is 11.4 Å². The van der Waals surface area contributed by atoms with Crippen LogP contribution in [0.25, 0.3) is 10.4 Å². The Kier molecular flexibility index (Phi) is 5.49. The van der Waals surface area contributed by atoms with Crippen molar-refractivity contribution in [1.29, 1.82) is 0 Å². The third-order valence-electron chi connectivity index (χ3n) is 3.10. The Hall–Kier alpha value is -2.11. The first kappa shape index (κ1) is 15.9. The number of hydrogen-bond acceptors (Lipinski definition) is 4. The molecule has 0 aromatic heterocycles. The van der Waals surface area contributed by atoms with Crippen molar-refractivity contribution in [2.45, 2.75) is 19.4 Å². The summed E-state index contributed by atoms with van der Waals surface area (Å²) in [5, 5.41) is 6.32. The monoisotopic (exact) mass is 280 g/mol. The van der Waals surface area contributed by atoms with Crippen molar-refractivity contribution in [2.75, 3.05) is 20.2 Å². The van der Waals surface area contributed by atoms with Crippen LogP contribution in [0, 0.1) is 12.7 Å². The molecule has 0 aliphatic heterocycles. The van der Waals surface area contributed by atoms with E-state index < -0.39 is 17.3 Å². The van der Waals surface area contributed by atoms with Gasteiger partial charge in [0.15, 0.2) is 0 Å². The summed E-state index contributed by atoms with van der Waals surface area (Å²) in [5.41, 5.74) is 7.97. The Morgan fingerprint density at radius 3 is 2.85 bits per heavy atom. The zero-order valence-corrected chi connectivity index (χ0v) is 11.7. The van der Waals surface area contributed by atoms with Crippen LogP contribution in [0.3, 0.4) is 0 Å². The first-order valence-corrected chi connectivity index (χ1v) is 6.06. The van der Waals surface area contributed by atoms with Crippen LogP contribution in [-0.2, 0) is 15.1 Å². The van der Waals surface area contributed by atoms with Crippen LogP contribution in [0.15, 0.2) is 23.3 Å². The van der Waals surface area contributed by atoms with Gasteiger partial charge in [-0.3, -0.25) is 5.32 Å². The van der Waals surface area contributed by atoms with Crippen molar-refractivity contribution < 1.29 is 13.9 Å². The molecule has 20 heavy (non-hydrogen) atoms. The van der Waals surface area contributed by atoms with Crippen molar-refractivity contribution in [3.63, 3.8) is 0 Å². The van der Waals surface area contributed by atoms with E-state index in [0.29, 0.717) is 11.1 Å². The highest BCUT2D eigenvalue weighted by atomic mass is 19.1. The summed E-state index contributed by atoms with van der Waals surface area (Å²) in [6.07, 6.45) is 0. The number of hydrogen-bond donors (Lipinski definition) is 1. The van der Waals surface area contributed by atoms with Crippen LogP contribution >= 0.6 is 0 Å². The third-order valence-corrected chi connectivity index (χ3v) is 3.10. The van der Waals surface area contributed by atoms with Crippen molar-refractivity contribution in [1.82, 2.24) is 5.32 Å². The number of nitrogens with one attached hydrogen (secondary N) is 1. The lowest BCUT2D eigenvalue weighted by atomic mass is 9.91. The summed E-state index contributed by atoms with van der Waals surface area (Å²) in [5.74, 6) is -0.934. The molecule has 0 saturated heterocycles. The average Bonchev–Trinajstić information content (AvgIpc) is 2.45. The maximum atomic E-state index is 13.7. The summed E-state index contributed by atoms with van der Waals surface area (Å²) in [7, 11) is 1.26. The molecule has 0 amide bonds. The lowest BCUT2D eigenvalue weighted by Gasteiger charge is -2.28. The van der Waals surface area contributed by atoms with Gasteiger partial charge in [0, 0.05) is 18.0 Å². The van der Waals surface area contributed by atoms with E-state index in [1.165, 1.54) is 13.2 Å². The lowest BCUT2D eigenvalue weighted by Crippen LogP contribution is -2.48. The maximum Gasteiger partial charge on any atom is 0.330 e. The molecule has 0 aliphatic carbocycles. The molecule has 0 bridgehead atoms. The zero-order valence-electron chi connectivity index (χ0n) is 11.7. The molecule has 0 saturated carbocycles. The molecule has 0 aliphatic rings. The highest BCUT2D eigenvalue weighted by molar-refractivity contribution is 5.82. The van der Waals surface area contributed by atoms with E-state index in [2.05, 4.69) is 15.3 Å². The molecule has 0 fully saturated rings. The number of azide groups is 1. The molecule has 0 spiro atoms. The predicted octanol–water partition coefficient (Wildman–Crippen LogP) is 2.42. The fourth-order valence-electron chi connectivity index (χ4n) is 1.80. The van der Waals surface area contributed by atoms with Gasteiger partial charge in [-0.1, -0.05) is 17.2 Å². The summed E-state index contributed by atoms with van der Waals surface area (Å²) in [4.78, 5) is 14.6. The van der Waals surface area contributed by atoms with Gasteiger partial charge in [-0.05, 0) is 36.6 Å². The molecular weight excluding hydrogens is 263 g/mol. The molecule has 0 radical (unpaired) electrons. The van der Waals surface area contributed by atoms with Gasteiger partial charge < -0.3 is 4.74 Å². The molecule has 1 aromatic rings. The summed E-state index contributed by atoms with van der Waals surface area (Å²) in [6, 6.07) is 4.56. The molecule has 1 atom stereocenters. The quantitative estimate of drug-likeness (QED) is 0.285. The Labute approximate surface area is 116 Å². The Bertz CT molecular complexity index is 543. The van der Waals surface area contributed by atoms with E-state index in [9.17, 15) is 9.18 Å². The second-order valence-electron chi connectivity index (χ2n) is 4.46. The number of halogens is 1. The van der Waals surface area contributed by atoms with Crippen molar-refractivity contribution in [3.05, 3.63) is 45.6 Å². The van der Waals surface area contributed by atoms with Crippen LogP contribution in [0.5, 0.6) is 0 Å². The minimum Gasteiger partial charge on any atom is -0.467 e. The Morgan fingerprint density at radius 2 is 2.30 bits per heavy atom. The smallest absolute Gasteiger partial charge is 0.330 e. The average molecular weight is 280 g/mol. The van der Waals surface area contributed by atoms with Crippen LogP contribution in [0.1, 0.15) is 18.1 Å². The van der Waals surface area contributed by atoms with E-state index in [0.717, 1.165) is 0 Å². The number of aryl methyl sites for hydroxylation is 1.